The third kappa shape index (κ3) is 5.19. The molecule has 3 amide bonds. The number of nitrogens with one attached hydrogen (secondary N) is 1. The Labute approximate surface area is 209 Å². The summed E-state index contributed by atoms with van der Waals surface area (Å²) in [6.45, 7) is 11.4. The summed E-state index contributed by atoms with van der Waals surface area (Å²) in [5, 5.41) is 10.0. The van der Waals surface area contributed by atoms with E-state index in [0.29, 0.717) is 26.9 Å². The zero-order valence-electron chi connectivity index (χ0n) is 20.8. The molecule has 0 bridgehead atoms. The largest absolute Gasteiger partial charge is 0.338 e. The van der Waals surface area contributed by atoms with Crippen LogP contribution in [-0.4, -0.2) is 47.1 Å². The Balaban J connectivity index is 1.41. The van der Waals surface area contributed by atoms with Crippen molar-refractivity contribution in [3.8, 4) is 0 Å². The van der Waals surface area contributed by atoms with Gasteiger partial charge >= 0.3 is 0 Å². The van der Waals surface area contributed by atoms with Crippen molar-refractivity contribution in [3.63, 3.8) is 0 Å². The van der Waals surface area contributed by atoms with Gasteiger partial charge in [0.1, 0.15) is 5.92 Å². The van der Waals surface area contributed by atoms with Crippen LogP contribution in [0, 0.1) is 5.92 Å². The minimum absolute atomic E-state index is 0.0154. The second kappa shape index (κ2) is 9.73. The quantitative estimate of drug-likeness (QED) is 0.493. The number of thiophene rings is 1. The van der Waals surface area contributed by atoms with Crippen molar-refractivity contribution >= 4 is 46.2 Å². The first kappa shape index (κ1) is 24.8. The second-order valence-electron chi connectivity index (χ2n) is 9.98. The topological polar surface area (TPSA) is 94.4 Å². The molecular weight excluding hydrogens is 462 g/mol. The third-order valence-electron chi connectivity index (χ3n) is 6.29. The first-order valence-electron chi connectivity index (χ1n) is 11.8. The molecule has 9 heteroatoms. The van der Waals surface area contributed by atoms with Crippen molar-refractivity contribution in [1.29, 1.82) is 0 Å². The molecule has 0 saturated carbocycles. The minimum Gasteiger partial charge on any atom is -0.338 e. The van der Waals surface area contributed by atoms with Crippen LogP contribution >= 0.6 is 11.3 Å². The molecule has 2 aliphatic heterocycles. The first-order chi connectivity index (χ1) is 16.6. The Hall–Kier alpha value is -3.33. The third-order valence-corrected chi connectivity index (χ3v) is 7.37. The maximum atomic E-state index is 13.1. The number of carbonyl (C=O) groups excluding carboxylic acids is 3. The zero-order valence-corrected chi connectivity index (χ0v) is 21.6. The van der Waals surface area contributed by atoms with Gasteiger partial charge in [0.05, 0.1) is 26.9 Å². The van der Waals surface area contributed by atoms with Crippen molar-refractivity contribution in [3.05, 3.63) is 51.7 Å². The number of rotatable bonds is 5. The molecule has 2 aliphatic rings. The molecule has 1 atom stereocenters. The normalized spacial score (nSPS) is 18.8. The van der Waals surface area contributed by atoms with Crippen LogP contribution < -0.4 is 10.4 Å². The number of amides is 3. The highest BCUT2D eigenvalue weighted by molar-refractivity contribution is 7.15. The number of likely N-dealkylation sites (tertiary alicyclic amines) is 1. The van der Waals surface area contributed by atoms with Crippen LogP contribution in [0.25, 0.3) is 0 Å². The van der Waals surface area contributed by atoms with Gasteiger partial charge in [-0.2, -0.15) is 15.2 Å². The summed E-state index contributed by atoms with van der Waals surface area (Å²) in [5.74, 6) is -1.31. The maximum Gasteiger partial charge on any atom is 0.281 e. The summed E-state index contributed by atoms with van der Waals surface area (Å²) in [7, 11) is 0. The smallest absolute Gasteiger partial charge is 0.281 e. The van der Waals surface area contributed by atoms with Crippen molar-refractivity contribution < 1.29 is 14.4 Å². The predicted octanol–water partition coefficient (Wildman–Crippen LogP) is 4.43. The fraction of sp³-hybridized carbons (Fsp3) is 0.423. The molecule has 184 valence electrons. The predicted molar refractivity (Wildman–Crippen MR) is 139 cm³/mol. The summed E-state index contributed by atoms with van der Waals surface area (Å²) in [6, 6.07) is 11.1. The zero-order chi connectivity index (χ0) is 25.3. The van der Waals surface area contributed by atoms with Gasteiger partial charge in [-0.3, -0.25) is 14.4 Å². The molecule has 1 aromatic carbocycles. The number of hydrogen-bond donors (Lipinski definition) is 1. The summed E-state index contributed by atoms with van der Waals surface area (Å²) >= 11 is 1.15. The van der Waals surface area contributed by atoms with Crippen molar-refractivity contribution in [2.24, 2.45) is 16.1 Å². The number of hydrogen-bond acceptors (Lipinski definition) is 6. The highest BCUT2D eigenvalue weighted by Crippen LogP contribution is 2.28. The Morgan fingerprint density at radius 3 is 2.31 bits per heavy atom. The van der Waals surface area contributed by atoms with E-state index in [0.717, 1.165) is 37.3 Å². The molecule has 0 aliphatic carbocycles. The molecular formula is C26H31N5O3S. The lowest BCUT2D eigenvalue weighted by Gasteiger charge is -2.20. The fourth-order valence-corrected chi connectivity index (χ4v) is 5.11. The molecule has 0 radical (unpaired) electrons. The maximum absolute atomic E-state index is 13.1. The lowest BCUT2D eigenvalue weighted by atomic mass is 9.87. The van der Waals surface area contributed by atoms with E-state index in [-0.39, 0.29) is 17.2 Å². The summed E-state index contributed by atoms with van der Waals surface area (Å²) in [6.07, 6.45) is 2.03. The Kier molecular flexibility index (Phi) is 6.89. The minimum atomic E-state index is -0.645. The molecule has 1 unspecified atom stereocenters. The average molecular weight is 494 g/mol. The number of hydrazone groups is 2. The van der Waals surface area contributed by atoms with E-state index < -0.39 is 11.8 Å². The molecule has 8 nitrogen and oxygen atoms in total. The molecule has 1 saturated heterocycles. The molecule has 0 spiro atoms. The number of nitrogens with zero attached hydrogens (tertiary/aromatic N) is 4. The van der Waals surface area contributed by atoms with Gasteiger partial charge in [0.25, 0.3) is 17.7 Å². The van der Waals surface area contributed by atoms with Crippen molar-refractivity contribution in [2.75, 3.05) is 18.1 Å². The van der Waals surface area contributed by atoms with Crippen LogP contribution in [-0.2, 0) is 10.2 Å². The number of benzene rings is 1. The van der Waals surface area contributed by atoms with Gasteiger partial charge in [-0.15, -0.1) is 11.3 Å². The van der Waals surface area contributed by atoms with E-state index in [1.807, 2.05) is 29.2 Å². The second-order valence-corrected chi connectivity index (χ2v) is 11.1. The van der Waals surface area contributed by atoms with Crippen LogP contribution in [0.15, 0.2) is 46.6 Å². The van der Waals surface area contributed by atoms with Gasteiger partial charge < -0.3 is 4.90 Å². The molecule has 35 heavy (non-hydrogen) atoms. The molecule has 3 heterocycles. The molecule has 2 aromatic rings. The monoisotopic (exact) mass is 493 g/mol. The van der Waals surface area contributed by atoms with Gasteiger partial charge in [0.15, 0.2) is 0 Å². The molecule has 1 aromatic heterocycles. The van der Waals surface area contributed by atoms with E-state index in [1.165, 1.54) is 10.6 Å². The van der Waals surface area contributed by atoms with Crippen molar-refractivity contribution in [1.82, 2.24) is 10.3 Å². The van der Waals surface area contributed by atoms with E-state index >= 15 is 0 Å². The Morgan fingerprint density at radius 2 is 1.69 bits per heavy atom. The van der Waals surface area contributed by atoms with Crippen LogP contribution in [0.5, 0.6) is 0 Å². The lowest BCUT2D eigenvalue weighted by Crippen LogP contribution is -2.33. The average Bonchev–Trinajstić information content (AvgIpc) is 3.57. The highest BCUT2D eigenvalue weighted by Gasteiger charge is 2.36. The van der Waals surface area contributed by atoms with Crippen molar-refractivity contribution in [2.45, 2.75) is 52.9 Å². The standard InChI is InChI=1S/C26H31N5O3S/c1-16(27-28-23(32)20-12-13-21(35-20)24(33)30-14-6-7-15-30)22-17(2)29-31(25(22)34)19-10-8-18(9-11-19)26(3,4)5/h8-13,22H,6-7,14-15H2,1-5H3,(H,28,32)/b27-16+. The number of anilines is 1. The Bertz CT molecular complexity index is 1200. The molecule has 1 fully saturated rings. The summed E-state index contributed by atoms with van der Waals surface area (Å²) < 4.78 is 0. The lowest BCUT2D eigenvalue weighted by molar-refractivity contribution is -0.118. The van der Waals surface area contributed by atoms with Crippen LogP contribution in [0.1, 0.15) is 72.4 Å². The first-order valence-corrected chi connectivity index (χ1v) is 12.6. The van der Waals surface area contributed by atoms with Gasteiger partial charge in [-0.1, -0.05) is 32.9 Å². The summed E-state index contributed by atoms with van der Waals surface area (Å²) in [5.41, 5.74) is 5.46. The van der Waals surface area contributed by atoms with E-state index in [1.54, 1.807) is 26.0 Å². The summed E-state index contributed by atoms with van der Waals surface area (Å²) in [4.78, 5) is 41.0. The number of carbonyl (C=O) groups is 3. The Morgan fingerprint density at radius 1 is 1.06 bits per heavy atom. The highest BCUT2D eigenvalue weighted by atomic mass is 32.1. The fourth-order valence-electron chi connectivity index (χ4n) is 4.24. The SMILES string of the molecule is CC1=NN(c2ccc(C(C)(C)C)cc2)C(=O)C1/C(C)=N/NC(=O)c1ccc(C(=O)N2CCCC2)s1. The van der Waals surface area contributed by atoms with Gasteiger partial charge in [0.2, 0.25) is 0 Å². The van der Waals surface area contributed by atoms with Crippen LogP contribution in [0.4, 0.5) is 5.69 Å². The van der Waals surface area contributed by atoms with E-state index in [4.69, 9.17) is 0 Å². The van der Waals surface area contributed by atoms with Gasteiger partial charge in [0, 0.05) is 13.1 Å². The van der Waals surface area contributed by atoms with E-state index in [2.05, 4.69) is 36.4 Å². The van der Waals surface area contributed by atoms with Gasteiger partial charge in [-0.05, 0) is 61.9 Å². The van der Waals surface area contributed by atoms with Gasteiger partial charge in [-0.25, -0.2) is 5.43 Å². The van der Waals surface area contributed by atoms with Crippen LogP contribution in [0.2, 0.25) is 0 Å². The van der Waals surface area contributed by atoms with E-state index in [9.17, 15) is 14.4 Å². The molecule has 4 rings (SSSR count). The van der Waals surface area contributed by atoms with Crippen LogP contribution in [0.3, 0.4) is 0 Å². The molecule has 1 N–H and O–H groups in total.